The molecule has 1 fully saturated rings. The number of carbonyl (C=O) groups excluding carboxylic acids is 2. The summed E-state index contributed by atoms with van der Waals surface area (Å²) in [5.41, 5.74) is 1.21. The molecule has 0 aliphatic carbocycles. The van der Waals surface area contributed by atoms with Crippen molar-refractivity contribution in [1.29, 1.82) is 0 Å². The Hall–Kier alpha value is -1.93. The number of nitrogens with one attached hydrogen (secondary N) is 1. The highest BCUT2D eigenvalue weighted by Gasteiger charge is 2.32. The first-order chi connectivity index (χ1) is 13.3. The van der Waals surface area contributed by atoms with Gasteiger partial charge in [-0.15, -0.1) is 0 Å². The molecule has 3 rings (SSSR count). The molecule has 4 nitrogen and oxygen atoms in total. The number of amides is 2. The number of hydrogen-bond donors (Lipinski definition) is 1. The van der Waals surface area contributed by atoms with E-state index < -0.39 is 5.82 Å². The molecule has 0 radical (unpaired) electrons. The van der Waals surface area contributed by atoms with Gasteiger partial charge >= 0.3 is 0 Å². The molecule has 0 unspecified atom stereocenters. The van der Waals surface area contributed by atoms with E-state index in [0.717, 1.165) is 5.56 Å². The van der Waals surface area contributed by atoms with Crippen LogP contribution in [-0.4, -0.2) is 27.6 Å². The van der Waals surface area contributed by atoms with Gasteiger partial charge in [-0.3, -0.25) is 14.5 Å². The minimum Gasteiger partial charge on any atom is -0.326 e. The quantitative estimate of drug-likeness (QED) is 0.487. The molecule has 2 amide bonds. The Bertz CT molecular complexity index is 980. The first-order valence-corrected chi connectivity index (χ1v) is 10.1. The van der Waals surface area contributed by atoms with Crippen LogP contribution in [0.25, 0.3) is 6.08 Å². The fourth-order valence-corrected chi connectivity index (χ4v) is 4.03. The van der Waals surface area contributed by atoms with Crippen LogP contribution in [0.5, 0.6) is 0 Å². The molecule has 1 N–H and O–H groups in total. The van der Waals surface area contributed by atoms with Gasteiger partial charge in [0.25, 0.3) is 5.91 Å². The number of halogens is 3. The second kappa shape index (κ2) is 9.05. The number of thiocarbonyl (C=S) groups is 1. The first kappa shape index (κ1) is 20.8. The van der Waals surface area contributed by atoms with Gasteiger partial charge in [0, 0.05) is 23.7 Å². The molecule has 0 saturated carbocycles. The van der Waals surface area contributed by atoms with E-state index in [1.165, 1.54) is 34.9 Å². The number of carbonyl (C=O) groups is 2. The van der Waals surface area contributed by atoms with Gasteiger partial charge in [-0.05, 0) is 42.0 Å². The van der Waals surface area contributed by atoms with Crippen molar-refractivity contribution in [3.63, 3.8) is 0 Å². The molecule has 2 aromatic rings. The number of rotatable bonds is 5. The highest BCUT2D eigenvalue weighted by atomic mass is 35.5. The Morgan fingerprint density at radius 2 is 1.93 bits per heavy atom. The molecule has 0 aromatic heterocycles. The van der Waals surface area contributed by atoms with Crippen molar-refractivity contribution >= 4 is 75.1 Å². The van der Waals surface area contributed by atoms with Gasteiger partial charge in [0.2, 0.25) is 5.91 Å². The maximum Gasteiger partial charge on any atom is 0.266 e. The van der Waals surface area contributed by atoms with Crippen molar-refractivity contribution in [2.45, 2.75) is 6.42 Å². The van der Waals surface area contributed by atoms with Crippen LogP contribution in [0.2, 0.25) is 10.0 Å². The lowest BCUT2D eigenvalue weighted by Gasteiger charge is -2.14. The molecule has 1 heterocycles. The molecular weight excluding hydrogens is 442 g/mol. The summed E-state index contributed by atoms with van der Waals surface area (Å²) in [6.07, 6.45) is 1.77. The van der Waals surface area contributed by atoms with Crippen molar-refractivity contribution in [2.24, 2.45) is 0 Å². The van der Waals surface area contributed by atoms with Crippen LogP contribution in [0, 0.1) is 5.82 Å². The second-order valence-electron chi connectivity index (χ2n) is 5.81. The van der Waals surface area contributed by atoms with Crippen LogP contribution in [-0.2, 0) is 9.59 Å². The zero-order chi connectivity index (χ0) is 20.3. The van der Waals surface area contributed by atoms with Gasteiger partial charge in [-0.1, -0.05) is 59.3 Å². The summed E-state index contributed by atoms with van der Waals surface area (Å²) in [5.74, 6) is -1.15. The largest absolute Gasteiger partial charge is 0.326 e. The van der Waals surface area contributed by atoms with Crippen molar-refractivity contribution in [3.8, 4) is 0 Å². The summed E-state index contributed by atoms with van der Waals surface area (Å²) in [5, 5.41) is 3.14. The van der Waals surface area contributed by atoms with Gasteiger partial charge < -0.3 is 5.32 Å². The van der Waals surface area contributed by atoms with E-state index in [4.69, 9.17) is 35.4 Å². The lowest BCUT2D eigenvalue weighted by atomic mass is 10.2. The molecule has 1 aliphatic rings. The molecule has 9 heteroatoms. The van der Waals surface area contributed by atoms with Crippen LogP contribution in [0.3, 0.4) is 0 Å². The maximum atomic E-state index is 13.2. The number of thioether (sulfide) groups is 1. The van der Waals surface area contributed by atoms with Gasteiger partial charge in [0.05, 0.1) is 9.93 Å². The molecule has 0 spiro atoms. The van der Waals surface area contributed by atoms with Crippen LogP contribution in [0.4, 0.5) is 10.1 Å². The fraction of sp³-hybridized carbons (Fsp3) is 0.105. The Morgan fingerprint density at radius 1 is 1.21 bits per heavy atom. The first-order valence-electron chi connectivity index (χ1n) is 8.09. The van der Waals surface area contributed by atoms with Crippen molar-refractivity contribution in [1.82, 2.24) is 4.90 Å². The summed E-state index contributed by atoms with van der Waals surface area (Å²) in [6, 6.07) is 11.0. The average Bonchev–Trinajstić information content (AvgIpc) is 2.91. The highest BCUT2D eigenvalue weighted by Crippen LogP contribution is 2.32. The Balaban J connectivity index is 1.60. The summed E-state index contributed by atoms with van der Waals surface area (Å²) in [6.45, 7) is 0.142. The topological polar surface area (TPSA) is 49.4 Å². The minimum atomic E-state index is -0.565. The van der Waals surface area contributed by atoms with Crippen molar-refractivity contribution < 1.29 is 14.0 Å². The van der Waals surface area contributed by atoms with Gasteiger partial charge in [0.15, 0.2) is 0 Å². The third-order valence-corrected chi connectivity index (χ3v) is 5.73. The standard InChI is InChI=1S/C19H13Cl2FN2O2S2/c20-12-3-1-11(2-4-12)9-16-18(26)24(19(27)28-16)8-7-17(25)23-13-5-6-15(22)14(21)10-13/h1-6,9-10H,7-8H2,(H,23,25)/b16-9-. The van der Waals surface area contributed by atoms with Crippen molar-refractivity contribution in [2.75, 3.05) is 11.9 Å². The second-order valence-corrected chi connectivity index (χ2v) is 8.33. The molecule has 0 bridgehead atoms. The Kier molecular flexibility index (Phi) is 6.72. The summed E-state index contributed by atoms with van der Waals surface area (Å²) >= 11 is 18.0. The highest BCUT2D eigenvalue weighted by molar-refractivity contribution is 8.26. The third-order valence-electron chi connectivity index (χ3n) is 3.81. The molecule has 0 atom stereocenters. The molecule has 1 saturated heterocycles. The lowest BCUT2D eigenvalue weighted by molar-refractivity contribution is -0.122. The molecule has 28 heavy (non-hydrogen) atoms. The summed E-state index contributed by atoms with van der Waals surface area (Å²) in [7, 11) is 0. The van der Waals surface area contributed by atoms with E-state index in [1.54, 1.807) is 30.3 Å². The summed E-state index contributed by atoms with van der Waals surface area (Å²) < 4.78 is 13.6. The number of hydrogen-bond acceptors (Lipinski definition) is 4. The van der Waals surface area contributed by atoms with Crippen LogP contribution >= 0.6 is 47.2 Å². The number of nitrogens with zero attached hydrogens (tertiary/aromatic N) is 1. The van der Waals surface area contributed by atoms with Gasteiger partial charge in [-0.25, -0.2) is 4.39 Å². The van der Waals surface area contributed by atoms with Crippen LogP contribution < -0.4 is 5.32 Å². The zero-order valence-corrected chi connectivity index (χ0v) is 17.4. The van der Waals surface area contributed by atoms with Crippen molar-refractivity contribution in [3.05, 3.63) is 68.8 Å². The molecule has 144 valence electrons. The van der Waals surface area contributed by atoms with Crippen LogP contribution in [0.15, 0.2) is 47.4 Å². The monoisotopic (exact) mass is 454 g/mol. The predicted molar refractivity (Wildman–Crippen MR) is 116 cm³/mol. The maximum absolute atomic E-state index is 13.2. The number of anilines is 1. The van der Waals surface area contributed by atoms with E-state index in [9.17, 15) is 14.0 Å². The fourth-order valence-electron chi connectivity index (χ4n) is 2.41. The number of benzene rings is 2. The minimum absolute atomic E-state index is 0.0374. The zero-order valence-electron chi connectivity index (χ0n) is 14.2. The van der Waals surface area contributed by atoms with Gasteiger partial charge in [-0.2, -0.15) is 0 Å². The van der Waals surface area contributed by atoms with E-state index >= 15 is 0 Å². The third kappa shape index (κ3) is 5.11. The van der Waals surface area contributed by atoms with E-state index in [-0.39, 0.29) is 29.8 Å². The molecule has 1 aliphatic heterocycles. The smallest absolute Gasteiger partial charge is 0.266 e. The van der Waals surface area contributed by atoms with E-state index in [1.807, 2.05) is 0 Å². The van der Waals surface area contributed by atoms with E-state index in [2.05, 4.69) is 5.32 Å². The predicted octanol–water partition coefficient (Wildman–Crippen LogP) is 5.36. The molecule has 2 aromatic carbocycles. The van der Waals surface area contributed by atoms with E-state index in [0.29, 0.717) is 19.9 Å². The Labute approximate surface area is 180 Å². The van der Waals surface area contributed by atoms with Gasteiger partial charge in [0.1, 0.15) is 10.1 Å². The molecular formula is C19H13Cl2FN2O2S2. The normalized spacial score (nSPS) is 15.4. The Morgan fingerprint density at radius 3 is 2.61 bits per heavy atom. The SMILES string of the molecule is O=C(CCN1C(=O)/C(=C/c2ccc(Cl)cc2)SC1=S)Nc1ccc(F)c(Cl)c1. The summed E-state index contributed by atoms with van der Waals surface area (Å²) in [4.78, 5) is 26.6. The van der Waals surface area contributed by atoms with Crippen LogP contribution in [0.1, 0.15) is 12.0 Å². The average molecular weight is 455 g/mol. The lowest BCUT2D eigenvalue weighted by Crippen LogP contribution is -2.31.